The van der Waals surface area contributed by atoms with Crippen molar-refractivity contribution >= 4 is 11.9 Å². The van der Waals surface area contributed by atoms with Gasteiger partial charge in [-0.2, -0.15) is 0 Å². The van der Waals surface area contributed by atoms with Crippen LogP contribution in [-0.4, -0.2) is 29.8 Å². The molecule has 0 radical (unpaired) electrons. The smallest absolute Gasteiger partial charge is 0.338 e. The van der Waals surface area contributed by atoms with Crippen LogP contribution in [0.3, 0.4) is 0 Å². The second-order valence-corrected chi connectivity index (χ2v) is 3.80. The zero-order chi connectivity index (χ0) is 13.4. The van der Waals surface area contributed by atoms with E-state index in [0.717, 1.165) is 0 Å². The number of carboxylic acids is 1. The third kappa shape index (κ3) is 4.95. The fourth-order valence-corrected chi connectivity index (χ4v) is 1.37. The van der Waals surface area contributed by atoms with Crippen LogP contribution in [0.1, 0.15) is 29.6 Å². The van der Waals surface area contributed by atoms with E-state index in [0.29, 0.717) is 18.4 Å². The van der Waals surface area contributed by atoms with Gasteiger partial charge in [0, 0.05) is 0 Å². The predicted molar refractivity (Wildman–Crippen MR) is 63.1 cm³/mol. The highest BCUT2D eigenvalue weighted by Gasteiger charge is 2.14. The van der Waals surface area contributed by atoms with Gasteiger partial charge in [-0.25, -0.2) is 14.0 Å². The zero-order valence-electron chi connectivity index (χ0n) is 9.84. The minimum Gasteiger partial charge on any atom is -0.479 e. The fraction of sp³-hybridized carbons (Fsp3) is 0.385. The summed E-state index contributed by atoms with van der Waals surface area (Å²) < 4.78 is 17.6. The van der Waals surface area contributed by atoms with Gasteiger partial charge in [0.15, 0.2) is 6.17 Å². The van der Waals surface area contributed by atoms with Crippen molar-refractivity contribution in [2.24, 2.45) is 0 Å². The zero-order valence-corrected chi connectivity index (χ0v) is 9.84. The van der Waals surface area contributed by atoms with Crippen LogP contribution in [0.4, 0.5) is 4.39 Å². The SMILES string of the molecule is O=C(OCCCCC(F)C(=O)O)c1ccccc1. The summed E-state index contributed by atoms with van der Waals surface area (Å²) in [6, 6.07) is 8.55. The van der Waals surface area contributed by atoms with Crippen LogP contribution in [0.15, 0.2) is 30.3 Å². The van der Waals surface area contributed by atoms with E-state index in [9.17, 15) is 14.0 Å². The van der Waals surface area contributed by atoms with Gasteiger partial charge in [-0.3, -0.25) is 0 Å². The number of carboxylic acid groups (broad SMARTS) is 1. The Kier molecular flexibility index (Phi) is 5.84. The van der Waals surface area contributed by atoms with Gasteiger partial charge in [0.25, 0.3) is 0 Å². The van der Waals surface area contributed by atoms with Crippen molar-refractivity contribution in [1.82, 2.24) is 0 Å². The number of esters is 1. The molecule has 1 rings (SSSR count). The Morgan fingerprint density at radius 3 is 2.50 bits per heavy atom. The Hall–Kier alpha value is -1.91. The van der Waals surface area contributed by atoms with Crippen LogP contribution in [0.5, 0.6) is 0 Å². The first-order valence-corrected chi connectivity index (χ1v) is 5.70. The lowest BCUT2D eigenvalue weighted by atomic mass is 10.2. The predicted octanol–water partition coefficient (Wildman–Crippen LogP) is 2.44. The molecule has 0 spiro atoms. The molecule has 0 saturated carbocycles. The topological polar surface area (TPSA) is 63.6 Å². The van der Waals surface area contributed by atoms with Crippen molar-refractivity contribution in [2.75, 3.05) is 6.61 Å². The van der Waals surface area contributed by atoms with Crippen LogP contribution < -0.4 is 0 Å². The molecule has 0 aromatic heterocycles. The average Bonchev–Trinajstić information content (AvgIpc) is 2.38. The number of hydrogen-bond donors (Lipinski definition) is 1. The lowest BCUT2D eigenvalue weighted by Gasteiger charge is -2.05. The number of hydrogen-bond acceptors (Lipinski definition) is 3. The van der Waals surface area contributed by atoms with E-state index in [4.69, 9.17) is 9.84 Å². The van der Waals surface area contributed by atoms with Gasteiger partial charge in [-0.15, -0.1) is 0 Å². The van der Waals surface area contributed by atoms with Crippen LogP contribution in [0.25, 0.3) is 0 Å². The molecule has 98 valence electrons. The van der Waals surface area contributed by atoms with E-state index in [1.807, 2.05) is 0 Å². The molecular weight excluding hydrogens is 239 g/mol. The highest BCUT2D eigenvalue weighted by atomic mass is 19.1. The van der Waals surface area contributed by atoms with Crippen molar-refractivity contribution in [1.29, 1.82) is 0 Å². The molecule has 1 unspecified atom stereocenters. The number of rotatable bonds is 7. The van der Waals surface area contributed by atoms with Crippen LogP contribution in [-0.2, 0) is 9.53 Å². The second-order valence-electron chi connectivity index (χ2n) is 3.80. The maximum absolute atomic E-state index is 12.7. The quantitative estimate of drug-likeness (QED) is 0.599. The van der Waals surface area contributed by atoms with Crippen molar-refractivity contribution in [3.05, 3.63) is 35.9 Å². The molecule has 0 fully saturated rings. The van der Waals surface area contributed by atoms with Gasteiger partial charge < -0.3 is 9.84 Å². The standard InChI is InChI=1S/C13H15FO4/c14-11(12(15)16)8-4-5-9-18-13(17)10-6-2-1-3-7-10/h1-3,6-7,11H,4-5,8-9H2,(H,15,16). The van der Waals surface area contributed by atoms with E-state index >= 15 is 0 Å². The molecule has 0 aliphatic rings. The Labute approximate surface area is 104 Å². The minimum atomic E-state index is -1.84. The summed E-state index contributed by atoms with van der Waals surface area (Å²) in [5.41, 5.74) is 0.464. The monoisotopic (exact) mass is 254 g/mol. The number of carbonyl (C=O) groups excluding carboxylic acids is 1. The molecule has 0 saturated heterocycles. The summed E-state index contributed by atoms with van der Waals surface area (Å²) in [5, 5.41) is 8.32. The van der Waals surface area contributed by atoms with E-state index in [1.165, 1.54) is 0 Å². The Bertz CT molecular complexity index is 391. The largest absolute Gasteiger partial charge is 0.479 e. The third-order valence-electron chi connectivity index (χ3n) is 2.36. The first-order chi connectivity index (χ1) is 8.61. The average molecular weight is 254 g/mol. The Balaban J connectivity index is 2.15. The van der Waals surface area contributed by atoms with Gasteiger partial charge in [0.05, 0.1) is 12.2 Å². The number of unbranched alkanes of at least 4 members (excludes halogenated alkanes) is 1. The number of alkyl halides is 1. The molecule has 1 aromatic rings. The van der Waals surface area contributed by atoms with Crippen LogP contribution in [0.2, 0.25) is 0 Å². The fourth-order valence-electron chi connectivity index (χ4n) is 1.37. The van der Waals surface area contributed by atoms with E-state index < -0.39 is 18.1 Å². The molecule has 1 aromatic carbocycles. The van der Waals surface area contributed by atoms with E-state index in [1.54, 1.807) is 30.3 Å². The van der Waals surface area contributed by atoms with Gasteiger partial charge in [0.2, 0.25) is 0 Å². The van der Waals surface area contributed by atoms with Gasteiger partial charge in [-0.1, -0.05) is 18.2 Å². The molecule has 1 atom stereocenters. The van der Waals surface area contributed by atoms with E-state index in [-0.39, 0.29) is 13.0 Å². The second kappa shape index (κ2) is 7.42. The third-order valence-corrected chi connectivity index (χ3v) is 2.36. The van der Waals surface area contributed by atoms with Crippen LogP contribution >= 0.6 is 0 Å². The molecule has 0 amide bonds. The number of ether oxygens (including phenoxy) is 1. The normalized spacial score (nSPS) is 11.8. The Morgan fingerprint density at radius 1 is 1.22 bits per heavy atom. The number of halogens is 1. The number of aliphatic carboxylic acids is 1. The summed E-state index contributed by atoms with van der Waals surface area (Å²) in [7, 11) is 0. The molecule has 0 aliphatic heterocycles. The van der Waals surface area contributed by atoms with E-state index in [2.05, 4.69) is 0 Å². The first-order valence-electron chi connectivity index (χ1n) is 5.70. The van der Waals surface area contributed by atoms with Crippen molar-refractivity contribution in [2.45, 2.75) is 25.4 Å². The summed E-state index contributed by atoms with van der Waals surface area (Å²) >= 11 is 0. The molecule has 4 nitrogen and oxygen atoms in total. The molecule has 0 aliphatic carbocycles. The summed E-state index contributed by atoms with van der Waals surface area (Å²) in [6.45, 7) is 0.167. The molecule has 5 heteroatoms. The lowest BCUT2D eigenvalue weighted by molar-refractivity contribution is -0.143. The van der Waals surface area contributed by atoms with Gasteiger partial charge >= 0.3 is 11.9 Å². The molecule has 1 N–H and O–H groups in total. The summed E-state index contributed by atoms with van der Waals surface area (Å²) in [6.07, 6.45) is -1.07. The molecule has 18 heavy (non-hydrogen) atoms. The maximum atomic E-state index is 12.7. The maximum Gasteiger partial charge on any atom is 0.338 e. The molecule has 0 bridgehead atoms. The van der Waals surface area contributed by atoms with Crippen molar-refractivity contribution < 1.29 is 23.8 Å². The number of carbonyl (C=O) groups is 2. The lowest BCUT2D eigenvalue weighted by Crippen LogP contribution is -2.14. The molecule has 0 heterocycles. The minimum absolute atomic E-state index is 0.0573. The first kappa shape index (κ1) is 14.2. The Morgan fingerprint density at radius 2 is 1.89 bits per heavy atom. The molecular formula is C13H15FO4. The van der Waals surface area contributed by atoms with Gasteiger partial charge in [-0.05, 0) is 31.4 Å². The summed E-state index contributed by atoms with van der Waals surface area (Å²) in [4.78, 5) is 21.7. The van der Waals surface area contributed by atoms with Gasteiger partial charge in [0.1, 0.15) is 0 Å². The highest BCUT2D eigenvalue weighted by molar-refractivity contribution is 5.89. The van der Waals surface area contributed by atoms with Crippen molar-refractivity contribution in [3.8, 4) is 0 Å². The number of benzene rings is 1. The highest BCUT2D eigenvalue weighted by Crippen LogP contribution is 2.06. The van der Waals surface area contributed by atoms with Crippen LogP contribution in [0, 0.1) is 0 Å². The van der Waals surface area contributed by atoms with Crippen molar-refractivity contribution in [3.63, 3.8) is 0 Å². The summed E-state index contributed by atoms with van der Waals surface area (Å²) in [5.74, 6) is -1.87.